The predicted molar refractivity (Wildman–Crippen MR) is 109 cm³/mol. The highest BCUT2D eigenvalue weighted by Crippen LogP contribution is 2.31. The van der Waals surface area contributed by atoms with Crippen molar-refractivity contribution in [3.8, 4) is 11.3 Å². The molecule has 12 heteroatoms. The van der Waals surface area contributed by atoms with Crippen molar-refractivity contribution >= 4 is 22.0 Å². The second-order valence-electron chi connectivity index (χ2n) is 6.28. The summed E-state index contributed by atoms with van der Waals surface area (Å²) in [6.45, 7) is 0. The molecule has 3 aromatic rings. The van der Waals surface area contributed by atoms with Gasteiger partial charge < -0.3 is 9.84 Å². The maximum absolute atomic E-state index is 14.5. The Balaban J connectivity index is 2.12. The molecule has 0 aliphatic carbocycles. The Morgan fingerprint density at radius 2 is 1.97 bits per heavy atom. The van der Waals surface area contributed by atoms with Crippen LogP contribution in [-0.2, 0) is 24.3 Å². The monoisotopic (exact) mass is 460 g/mol. The lowest BCUT2D eigenvalue weighted by Gasteiger charge is -2.14. The van der Waals surface area contributed by atoms with E-state index in [1.807, 2.05) is 0 Å². The van der Waals surface area contributed by atoms with Crippen LogP contribution < -0.4 is 5.32 Å². The van der Waals surface area contributed by atoms with Crippen molar-refractivity contribution in [2.24, 2.45) is 0 Å². The molecule has 0 aliphatic heterocycles. The second kappa shape index (κ2) is 9.49. The zero-order valence-corrected chi connectivity index (χ0v) is 17.4. The molecule has 0 radical (unpaired) electrons. The number of hydrogen-bond acceptors (Lipinski definition) is 8. The van der Waals surface area contributed by atoms with E-state index < -0.39 is 34.0 Å². The fourth-order valence-electron chi connectivity index (χ4n) is 2.79. The third kappa shape index (κ3) is 4.87. The molecule has 3 heterocycles. The average Bonchev–Trinajstić information content (AvgIpc) is 3.23. The van der Waals surface area contributed by atoms with Crippen LogP contribution in [0, 0.1) is 5.82 Å². The number of carboxylic acid groups (broad SMARTS) is 1. The SMILES string of the molecule is CNC(OC(=O)/C=C/C(=O)O)c1cc(-c2ccncc2F)n(S(=O)(=O)c2cccnc2)c1. The van der Waals surface area contributed by atoms with Crippen LogP contribution in [0.25, 0.3) is 11.3 Å². The highest BCUT2D eigenvalue weighted by atomic mass is 32.2. The molecule has 1 unspecified atom stereocenters. The van der Waals surface area contributed by atoms with Gasteiger partial charge in [0.25, 0.3) is 10.0 Å². The minimum Gasteiger partial charge on any atom is -0.478 e. The number of aliphatic carboxylic acids is 1. The molecule has 0 saturated carbocycles. The molecule has 0 spiro atoms. The maximum Gasteiger partial charge on any atom is 0.332 e. The summed E-state index contributed by atoms with van der Waals surface area (Å²) >= 11 is 0. The minimum absolute atomic E-state index is 0.0406. The Morgan fingerprint density at radius 1 is 1.22 bits per heavy atom. The number of nitrogens with zero attached hydrogens (tertiary/aromatic N) is 3. The lowest BCUT2D eigenvalue weighted by atomic mass is 10.1. The van der Waals surface area contributed by atoms with Gasteiger partial charge >= 0.3 is 11.9 Å². The van der Waals surface area contributed by atoms with Crippen LogP contribution in [0.1, 0.15) is 11.8 Å². The van der Waals surface area contributed by atoms with Crippen LogP contribution in [0.5, 0.6) is 0 Å². The van der Waals surface area contributed by atoms with Gasteiger partial charge in [-0.05, 0) is 31.3 Å². The quantitative estimate of drug-likeness (QED) is 0.292. The first-order valence-electron chi connectivity index (χ1n) is 9.00. The highest BCUT2D eigenvalue weighted by molar-refractivity contribution is 7.90. The van der Waals surface area contributed by atoms with Crippen LogP contribution in [0.3, 0.4) is 0 Å². The number of nitrogens with one attached hydrogen (secondary N) is 1. The standard InChI is InChI=1S/C20H17FN4O6S/c1-22-20(31-19(28)5-4-18(26)27)13-9-17(15-6-8-24-11-16(15)21)25(12-13)32(29,30)14-3-2-7-23-10-14/h2-12,20,22H,1H3,(H,26,27)/b5-4+. The van der Waals surface area contributed by atoms with Crippen LogP contribution in [0.2, 0.25) is 0 Å². The molecule has 0 saturated heterocycles. The topological polar surface area (TPSA) is 140 Å². The van der Waals surface area contributed by atoms with Gasteiger partial charge in [-0.1, -0.05) is 0 Å². The lowest BCUT2D eigenvalue weighted by Crippen LogP contribution is -2.22. The smallest absolute Gasteiger partial charge is 0.332 e. The normalized spacial score (nSPS) is 12.6. The number of carbonyl (C=O) groups excluding carboxylic acids is 1. The first kappa shape index (κ1) is 22.8. The number of rotatable bonds is 8. The highest BCUT2D eigenvalue weighted by Gasteiger charge is 2.26. The Bertz CT molecular complexity index is 1270. The molecule has 3 aromatic heterocycles. The summed E-state index contributed by atoms with van der Waals surface area (Å²) in [5.41, 5.74) is 0.0788. The van der Waals surface area contributed by atoms with Crippen LogP contribution >= 0.6 is 0 Å². The number of pyridine rings is 2. The van der Waals surface area contributed by atoms with Crippen molar-refractivity contribution in [3.05, 3.63) is 78.8 Å². The molecule has 0 amide bonds. The molecule has 32 heavy (non-hydrogen) atoms. The van der Waals surface area contributed by atoms with Gasteiger partial charge in [0, 0.05) is 48.1 Å². The number of halogens is 1. The summed E-state index contributed by atoms with van der Waals surface area (Å²) in [6, 6.07) is 5.42. The van der Waals surface area contributed by atoms with Crippen molar-refractivity contribution in [2.75, 3.05) is 7.05 Å². The van der Waals surface area contributed by atoms with E-state index in [0.717, 1.165) is 16.4 Å². The van der Waals surface area contributed by atoms with Crippen LogP contribution in [0.4, 0.5) is 4.39 Å². The van der Waals surface area contributed by atoms with Gasteiger partial charge in [-0.25, -0.2) is 26.4 Å². The van der Waals surface area contributed by atoms with Crippen LogP contribution in [0.15, 0.2) is 72.3 Å². The molecule has 2 N–H and O–H groups in total. The van der Waals surface area contributed by atoms with Crippen molar-refractivity contribution < 1.29 is 32.2 Å². The molecule has 3 rings (SSSR count). The molecule has 0 aliphatic rings. The van der Waals surface area contributed by atoms with Crippen molar-refractivity contribution in [2.45, 2.75) is 11.1 Å². The summed E-state index contributed by atoms with van der Waals surface area (Å²) < 4.78 is 47.0. The first-order chi connectivity index (χ1) is 15.2. The molecule has 10 nitrogen and oxygen atoms in total. The molecular weight excluding hydrogens is 443 g/mol. The largest absolute Gasteiger partial charge is 0.478 e. The van der Waals surface area contributed by atoms with E-state index in [-0.39, 0.29) is 21.7 Å². The number of ether oxygens (including phenoxy) is 1. The molecule has 0 bridgehead atoms. The van der Waals surface area contributed by atoms with E-state index in [4.69, 9.17) is 9.84 Å². The van der Waals surface area contributed by atoms with Gasteiger partial charge in [0.15, 0.2) is 12.0 Å². The number of hydrogen-bond donors (Lipinski definition) is 2. The van der Waals surface area contributed by atoms with Gasteiger partial charge in [0.05, 0.1) is 11.9 Å². The molecule has 0 aromatic carbocycles. The summed E-state index contributed by atoms with van der Waals surface area (Å²) in [7, 11) is -2.76. The average molecular weight is 460 g/mol. The van der Waals surface area contributed by atoms with E-state index in [9.17, 15) is 22.4 Å². The third-order valence-electron chi connectivity index (χ3n) is 4.21. The Morgan fingerprint density at radius 3 is 2.59 bits per heavy atom. The molecule has 0 fully saturated rings. The maximum atomic E-state index is 14.5. The van der Waals surface area contributed by atoms with Gasteiger partial charge in [-0.3, -0.25) is 15.3 Å². The first-order valence-corrected chi connectivity index (χ1v) is 10.4. The van der Waals surface area contributed by atoms with E-state index in [1.165, 1.54) is 49.9 Å². The van der Waals surface area contributed by atoms with Gasteiger partial charge in [-0.15, -0.1) is 0 Å². The predicted octanol–water partition coefficient (Wildman–Crippen LogP) is 1.72. The van der Waals surface area contributed by atoms with Crippen molar-refractivity contribution in [1.29, 1.82) is 0 Å². The number of carbonyl (C=O) groups is 2. The summed E-state index contributed by atoms with van der Waals surface area (Å²) in [5, 5.41) is 11.3. The van der Waals surface area contributed by atoms with Gasteiger partial charge in [-0.2, -0.15) is 0 Å². The summed E-state index contributed by atoms with van der Waals surface area (Å²) in [5.74, 6) is -3.08. The fraction of sp³-hybridized carbons (Fsp3) is 0.100. The fourth-order valence-corrected chi connectivity index (χ4v) is 4.13. The summed E-state index contributed by atoms with van der Waals surface area (Å²) in [4.78, 5) is 29.8. The lowest BCUT2D eigenvalue weighted by molar-refractivity contribution is -0.145. The van der Waals surface area contributed by atoms with E-state index in [1.54, 1.807) is 0 Å². The Labute approximate surface area is 182 Å². The van der Waals surface area contributed by atoms with Gasteiger partial charge in [0.2, 0.25) is 0 Å². The van der Waals surface area contributed by atoms with Crippen LogP contribution in [-0.4, -0.2) is 46.5 Å². The Kier molecular flexibility index (Phi) is 6.76. The second-order valence-corrected chi connectivity index (χ2v) is 8.10. The number of carboxylic acids is 1. The van der Waals surface area contributed by atoms with E-state index >= 15 is 0 Å². The minimum atomic E-state index is -4.20. The summed E-state index contributed by atoms with van der Waals surface area (Å²) in [6.07, 6.45) is 6.12. The van der Waals surface area contributed by atoms with Crippen molar-refractivity contribution in [1.82, 2.24) is 19.3 Å². The molecular formula is C20H17FN4O6S. The van der Waals surface area contributed by atoms with Crippen molar-refractivity contribution in [3.63, 3.8) is 0 Å². The Hall–Kier alpha value is -3.90. The zero-order valence-electron chi connectivity index (χ0n) is 16.5. The molecule has 166 valence electrons. The van der Waals surface area contributed by atoms with E-state index in [2.05, 4.69) is 15.3 Å². The van der Waals surface area contributed by atoms with Gasteiger partial charge in [0.1, 0.15) is 4.90 Å². The number of esters is 1. The molecule has 1 atom stereocenters. The zero-order chi connectivity index (χ0) is 23.3. The number of aromatic nitrogens is 3. The third-order valence-corrected chi connectivity index (χ3v) is 5.86. The van der Waals surface area contributed by atoms with E-state index in [0.29, 0.717) is 12.2 Å².